The van der Waals surface area contributed by atoms with E-state index in [1.807, 2.05) is 13.8 Å². The molecule has 0 aromatic heterocycles. The molecule has 0 heterocycles. The van der Waals surface area contributed by atoms with Crippen LogP contribution in [0.5, 0.6) is 0 Å². The van der Waals surface area contributed by atoms with Crippen molar-refractivity contribution in [3.8, 4) is 0 Å². The van der Waals surface area contributed by atoms with Crippen LogP contribution in [0.4, 0.5) is 0 Å². The quantitative estimate of drug-likeness (QED) is 0.691. The largest absolute Gasteiger partial charge is 0.386 e. The zero-order valence-electron chi connectivity index (χ0n) is 9.55. The maximum Gasteiger partial charge on any atom is 0.173 e. The maximum absolute atomic E-state index is 11.9. The zero-order valence-corrected chi connectivity index (χ0v) is 9.55. The van der Waals surface area contributed by atoms with Crippen molar-refractivity contribution >= 4 is 5.78 Å². The first-order valence-corrected chi connectivity index (χ1v) is 5.82. The molecule has 3 nitrogen and oxygen atoms in total. The van der Waals surface area contributed by atoms with Crippen LogP contribution < -0.4 is 0 Å². The van der Waals surface area contributed by atoms with Crippen molar-refractivity contribution in [1.29, 1.82) is 0 Å². The van der Waals surface area contributed by atoms with E-state index in [0.29, 0.717) is 19.3 Å². The second-order valence-corrected chi connectivity index (χ2v) is 5.84. The van der Waals surface area contributed by atoms with Gasteiger partial charge >= 0.3 is 0 Å². The highest BCUT2D eigenvalue weighted by atomic mass is 16.4. The molecule has 0 bridgehead atoms. The molecule has 0 aromatic rings. The van der Waals surface area contributed by atoms with E-state index in [4.69, 9.17) is 0 Å². The first-order valence-electron chi connectivity index (χ1n) is 5.82. The van der Waals surface area contributed by atoms with Crippen molar-refractivity contribution in [2.75, 3.05) is 0 Å². The number of hydrogen-bond donors (Lipinski definition) is 2. The smallest absolute Gasteiger partial charge is 0.173 e. The van der Waals surface area contributed by atoms with Crippen LogP contribution in [0.2, 0.25) is 0 Å². The molecule has 15 heavy (non-hydrogen) atoms. The first-order chi connectivity index (χ1) is 6.82. The van der Waals surface area contributed by atoms with Gasteiger partial charge in [-0.1, -0.05) is 33.1 Å². The summed E-state index contributed by atoms with van der Waals surface area (Å²) in [5.41, 5.74) is -3.07. The fourth-order valence-corrected chi connectivity index (χ4v) is 3.18. The van der Waals surface area contributed by atoms with Gasteiger partial charge in [0.1, 0.15) is 5.60 Å². The van der Waals surface area contributed by atoms with Gasteiger partial charge in [0.15, 0.2) is 11.4 Å². The molecule has 86 valence electrons. The molecule has 2 saturated carbocycles. The molecule has 2 aliphatic rings. The van der Waals surface area contributed by atoms with Crippen LogP contribution in [-0.4, -0.2) is 27.2 Å². The average Bonchev–Trinajstić information content (AvgIpc) is 2.17. The highest BCUT2D eigenvalue weighted by Crippen LogP contribution is 2.53. The summed E-state index contributed by atoms with van der Waals surface area (Å²) in [7, 11) is 0. The van der Waals surface area contributed by atoms with Gasteiger partial charge < -0.3 is 10.2 Å². The van der Waals surface area contributed by atoms with Gasteiger partial charge in [-0.3, -0.25) is 4.79 Å². The van der Waals surface area contributed by atoms with Crippen LogP contribution in [0.3, 0.4) is 0 Å². The Kier molecular flexibility index (Phi) is 2.25. The van der Waals surface area contributed by atoms with Crippen LogP contribution in [0.25, 0.3) is 0 Å². The third-order valence-electron chi connectivity index (χ3n) is 4.14. The summed E-state index contributed by atoms with van der Waals surface area (Å²) >= 11 is 0. The van der Waals surface area contributed by atoms with E-state index in [1.54, 1.807) is 0 Å². The molecule has 0 aliphatic heterocycles. The standard InChI is InChI=1S/C12H20O3/c1-10(2)8-12(15,9(10)13)11(14)6-4-3-5-7-11/h14-15H,3-8H2,1-2H3. The molecule has 1 atom stereocenters. The van der Waals surface area contributed by atoms with Crippen molar-refractivity contribution in [1.82, 2.24) is 0 Å². The summed E-state index contributed by atoms with van der Waals surface area (Å²) in [4.78, 5) is 11.9. The molecule has 2 fully saturated rings. The van der Waals surface area contributed by atoms with Gasteiger partial charge in [0.25, 0.3) is 0 Å². The predicted molar refractivity (Wildman–Crippen MR) is 56.4 cm³/mol. The lowest BCUT2D eigenvalue weighted by Gasteiger charge is -2.56. The molecule has 2 N–H and O–H groups in total. The summed E-state index contributed by atoms with van der Waals surface area (Å²) in [6.45, 7) is 3.66. The fraction of sp³-hybridized carbons (Fsp3) is 0.917. The highest BCUT2D eigenvalue weighted by molar-refractivity contribution is 5.99. The van der Waals surface area contributed by atoms with Gasteiger partial charge in [-0.05, 0) is 19.3 Å². The fourth-order valence-electron chi connectivity index (χ4n) is 3.18. The van der Waals surface area contributed by atoms with Crippen molar-refractivity contribution < 1.29 is 15.0 Å². The van der Waals surface area contributed by atoms with Crippen LogP contribution in [-0.2, 0) is 4.79 Å². The molecule has 0 spiro atoms. The van der Waals surface area contributed by atoms with Crippen molar-refractivity contribution in [3.05, 3.63) is 0 Å². The van der Waals surface area contributed by atoms with Gasteiger partial charge in [0.05, 0.1) is 0 Å². The number of ketones is 1. The topological polar surface area (TPSA) is 57.5 Å². The summed E-state index contributed by atoms with van der Waals surface area (Å²) < 4.78 is 0. The summed E-state index contributed by atoms with van der Waals surface area (Å²) in [5.74, 6) is -0.181. The highest BCUT2D eigenvalue weighted by Gasteiger charge is 2.66. The predicted octanol–water partition coefficient (Wildman–Crippen LogP) is 1.41. The van der Waals surface area contributed by atoms with Crippen molar-refractivity contribution in [2.45, 2.75) is 63.6 Å². The SMILES string of the molecule is CC1(C)CC(O)(C2(O)CCCCC2)C1=O. The molecular formula is C12H20O3. The van der Waals surface area contributed by atoms with Crippen LogP contribution in [0.15, 0.2) is 0 Å². The Labute approximate surface area is 90.5 Å². The van der Waals surface area contributed by atoms with E-state index in [-0.39, 0.29) is 5.78 Å². The second-order valence-electron chi connectivity index (χ2n) is 5.84. The Morgan fingerprint density at radius 2 is 1.60 bits per heavy atom. The van der Waals surface area contributed by atoms with Gasteiger partial charge in [0.2, 0.25) is 0 Å². The number of carbonyl (C=O) groups excluding carboxylic acids is 1. The lowest BCUT2D eigenvalue weighted by molar-refractivity contribution is -0.224. The number of hydrogen-bond acceptors (Lipinski definition) is 3. The Hall–Kier alpha value is -0.410. The molecule has 2 aliphatic carbocycles. The number of rotatable bonds is 1. The van der Waals surface area contributed by atoms with E-state index in [9.17, 15) is 15.0 Å². The normalized spacial score (nSPS) is 38.5. The van der Waals surface area contributed by atoms with Crippen LogP contribution in [0.1, 0.15) is 52.4 Å². The van der Waals surface area contributed by atoms with Gasteiger partial charge in [0, 0.05) is 5.41 Å². The van der Waals surface area contributed by atoms with Crippen molar-refractivity contribution in [3.63, 3.8) is 0 Å². The Morgan fingerprint density at radius 1 is 1.07 bits per heavy atom. The van der Waals surface area contributed by atoms with E-state index in [1.165, 1.54) is 0 Å². The number of carbonyl (C=O) groups is 1. The molecule has 0 amide bonds. The van der Waals surface area contributed by atoms with Gasteiger partial charge in [-0.2, -0.15) is 0 Å². The second kappa shape index (κ2) is 3.05. The molecule has 3 heteroatoms. The minimum Gasteiger partial charge on any atom is -0.386 e. The molecule has 2 rings (SSSR count). The first kappa shape index (κ1) is 11.1. The monoisotopic (exact) mass is 212 g/mol. The molecule has 0 radical (unpaired) electrons. The third kappa shape index (κ3) is 1.36. The number of aliphatic hydroxyl groups is 2. The van der Waals surface area contributed by atoms with E-state index >= 15 is 0 Å². The molecule has 1 unspecified atom stereocenters. The van der Waals surface area contributed by atoms with Crippen molar-refractivity contribution in [2.24, 2.45) is 5.41 Å². The molecule has 0 saturated heterocycles. The van der Waals surface area contributed by atoms with Crippen LogP contribution >= 0.6 is 0 Å². The Morgan fingerprint density at radius 3 is 2.00 bits per heavy atom. The summed E-state index contributed by atoms with van der Waals surface area (Å²) in [5, 5.41) is 20.7. The Balaban J connectivity index is 2.20. The number of Topliss-reactive ketones (excluding diaryl/α,β-unsaturated/α-hetero) is 1. The average molecular weight is 212 g/mol. The van der Waals surface area contributed by atoms with Gasteiger partial charge in [-0.25, -0.2) is 0 Å². The van der Waals surface area contributed by atoms with Gasteiger partial charge in [-0.15, -0.1) is 0 Å². The van der Waals surface area contributed by atoms with E-state index in [0.717, 1.165) is 19.3 Å². The minimum atomic E-state index is -1.46. The minimum absolute atomic E-state index is 0.181. The lowest BCUT2D eigenvalue weighted by atomic mass is 9.52. The summed E-state index contributed by atoms with van der Waals surface area (Å²) in [6, 6.07) is 0. The lowest BCUT2D eigenvalue weighted by Crippen LogP contribution is -2.72. The van der Waals surface area contributed by atoms with E-state index < -0.39 is 16.6 Å². The third-order valence-corrected chi connectivity index (χ3v) is 4.14. The molecular weight excluding hydrogens is 192 g/mol. The maximum atomic E-state index is 11.9. The summed E-state index contributed by atoms with van der Waals surface area (Å²) in [6.07, 6.45) is 4.43. The van der Waals surface area contributed by atoms with E-state index in [2.05, 4.69) is 0 Å². The Bertz CT molecular complexity index is 289. The zero-order chi connectivity index (χ0) is 11.3. The molecule has 0 aromatic carbocycles. The van der Waals surface area contributed by atoms with Crippen LogP contribution in [0, 0.1) is 5.41 Å².